The summed E-state index contributed by atoms with van der Waals surface area (Å²) in [4.78, 5) is 19.7. The van der Waals surface area contributed by atoms with Gasteiger partial charge in [-0.25, -0.2) is 8.78 Å². The number of benzene rings is 2. The average molecular weight is 458 g/mol. The minimum atomic E-state index is -0.903. The first-order valence-corrected chi connectivity index (χ1v) is 11.9. The lowest BCUT2D eigenvalue weighted by atomic mass is 10.0. The Hall–Kier alpha value is -2.38. The van der Waals surface area contributed by atoms with Gasteiger partial charge in [0.1, 0.15) is 12.3 Å². The van der Waals surface area contributed by atoms with Crippen LogP contribution in [0, 0.1) is 11.6 Å². The van der Waals surface area contributed by atoms with Crippen molar-refractivity contribution in [2.24, 2.45) is 0 Å². The molecule has 2 fully saturated rings. The second-order valence-electron chi connectivity index (χ2n) is 8.62. The number of para-hydroxylation sites is 1. The van der Waals surface area contributed by atoms with Gasteiger partial charge in [-0.15, -0.1) is 11.8 Å². The van der Waals surface area contributed by atoms with E-state index in [9.17, 15) is 13.6 Å². The summed E-state index contributed by atoms with van der Waals surface area (Å²) in [6.07, 6.45) is 2.98. The quantitative estimate of drug-likeness (QED) is 0.623. The molecule has 0 spiro atoms. The Morgan fingerprint density at radius 2 is 1.78 bits per heavy atom. The number of hydrogen-bond acceptors (Lipinski definition) is 5. The molecule has 0 N–H and O–H groups in total. The first kappa shape index (κ1) is 22.8. The van der Waals surface area contributed by atoms with Crippen LogP contribution in [-0.4, -0.2) is 61.7 Å². The third-order valence-electron chi connectivity index (χ3n) is 6.43. The number of halogens is 2. The Kier molecular flexibility index (Phi) is 6.86. The van der Waals surface area contributed by atoms with Crippen molar-refractivity contribution in [1.29, 1.82) is 0 Å². The second kappa shape index (κ2) is 9.63. The summed E-state index contributed by atoms with van der Waals surface area (Å²) >= 11 is 1.65. The molecule has 2 saturated heterocycles. The average Bonchev–Trinajstić information content (AvgIpc) is 2.78. The lowest BCUT2D eigenvalue weighted by Crippen LogP contribution is -2.55. The molecular weight excluding hydrogens is 428 g/mol. The van der Waals surface area contributed by atoms with Crippen molar-refractivity contribution in [3.8, 4) is 0 Å². The Morgan fingerprint density at radius 1 is 1.00 bits per heavy atom. The number of piperazine rings is 1. The standard InChI is InChI=1S/C25H29F2N3OS/c1-17-15-30(18(2)14-28(17)3)23-7-5-4-6-19(23)12-25-24(16-31)29(10-11-32-25)20-8-9-21(26)22(27)13-20/h4-9,12-13,16-18,24H,10-11,14-15H2,1-3H3. The maximum Gasteiger partial charge on any atom is 0.160 e. The van der Waals surface area contributed by atoms with Crippen molar-refractivity contribution >= 4 is 35.5 Å². The first-order chi connectivity index (χ1) is 15.4. The molecule has 0 aromatic heterocycles. The second-order valence-corrected chi connectivity index (χ2v) is 9.79. The molecule has 0 amide bonds. The van der Waals surface area contributed by atoms with Gasteiger partial charge in [0.25, 0.3) is 0 Å². The molecule has 2 aromatic rings. The van der Waals surface area contributed by atoms with Crippen LogP contribution < -0.4 is 9.80 Å². The molecule has 2 aromatic carbocycles. The van der Waals surface area contributed by atoms with E-state index in [2.05, 4.69) is 48.9 Å². The highest BCUT2D eigenvalue weighted by molar-refractivity contribution is 8.03. The molecule has 3 atom stereocenters. The molecule has 170 valence electrons. The molecule has 32 heavy (non-hydrogen) atoms. The Morgan fingerprint density at radius 3 is 2.53 bits per heavy atom. The number of thioether (sulfide) groups is 1. The van der Waals surface area contributed by atoms with Crippen molar-refractivity contribution in [3.63, 3.8) is 0 Å². The van der Waals surface area contributed by atoms with Crippen LogP contribution >= 0.6 is 11.8 Å². The smallest absolute Gasteiger partial charge is 0.160 e. The summed E-state index contributed by atoms with van der Waals surface area (Å²) in [6, 6.07) is 12.4. The predicted octanol–water partition coefficient (Wildman–Crippen LogP) is 4.66. The Balaban J connectivity index is 1.67. The lowest BCUT2D eigenvalue weighted by Gasteiger charge is -2.44. The Labute approximate surface area is 192 Å². The van der Waals surface area contributed by atoms with E-state index in [1.165, 1.54) is 12.1 Å². The van der Waals surface area contributed by atoms with Crippen LogP contribution in [0.15, 0.2) is 47.4 Å². The van der Waals surface area contributed by atoms with Crippen molar-refractivity contribution in [1.82, 2.24) is 4.90 Å². The first-order valence-electron chi connectivity index (χ1n) is 11.0. The molecule has 2 aliphatic rings. The van der Waals surface area contributed by atoms with Crippen molar-refractivity contribution in [2.45, 2.75) is 32.0 Å². The molecule has 0 saturated carbocycles. The van der Waals surface area contributed by atoms with Crippen LogP contribution in [0.25, 0.3) is 6.08 Å². The zero-order valence-corrected chi connectivity index (χ0v) is 19.5. The molecule has 0 bridgehead atoms. The van der Waals surface area contributed by atoms with E-state index < -0.39 is 17.7 Å². The van der Waals surface area contributed by atoms with Gasteiger partial charge in [0, 0.05) is 59.8 Å². The summed E-state index contributed by atoms with van der Waals surface area (Å²) in [5.41, 5.74) is 2.74. The minimum Gasteiger partial charge on any atom is -0.365 e. The molecule has 0 aliphatic carbocycles. The fourth-order valence-electron chi connectivity index (χ4n) is 4.52. The zero-order chi connectivity index (χ0) is 22.8. The molecule has 2 heterocycles. The highest BCUT2D eigenvalue weighted by Gasteiger charge is 2.30. The topological polar surface area (TPSA) is 26.8 Å². The van der Waals surface area contributed by atoms with E-state index in [1.54, 1.807) is 11.8 Å². The normalized spacial score (nSPS) is 25.9. The van der Waals surface area contributed by atoms with Crippen LogP contribution in [0.5, 0.6) is 0 Å². The third-order valence-corrected chi connectivity index (χ3v) is 7.51. The molecule has 4 nitrogen and oxygen atoms in total. The molecule has 0 radical (unpaired) electrons. The fourth-order valence-corrected chi connectivity index (χ4v) is 5.61. The van der Waals surface area contributed by atoms with Crippen molar-refractivity contribution in [2.75, 3.05) is 42.2 Å². The fraction of sp³-hybridized carbons (Fsp3) is 0.400. The summed E-state index contributed by atoms with van der Waals surface area (Å²) in [7, 11) is 2.16. The van der Waals surface area contributed by atoms with Gasteiger partial charge < -0.3 is 14.6 Å². The summed E-state index contributed by atoms with van der Waals surface area (Å²) in [5, 5.41) is 0. The van der Waals surface area contributed by atoms with Crippen molar-refractivity contribution < 1.29 is 13.6 Å². The van der Waals surface area contributed by atoms with E-state index >= 15 is 0 Å². The highest BCUT2D eigenvalue weighted by atomic mass is 32.2. The van der Waals surface area contributed by atoms with Gasteiger partial charge in [-0.05, 0) is 50.7 Å². The number of rotatable bonds is 4. The number of aldehydes is 1. The third kappa shape index (κ3) is 4.55. The van der Waals surface area contributed by atoms with E-state index in [1.807, 2.05) is 17.0 Å². The largest absolute Gasteiger partial charge is 0.365 e. The van der Waals surface area contributed by atoms with Gasteiger partial charge in [0.2, 0.25) is 0 Å². The SMILES string of the molecule is CC1CN(c2ccccc2C=C2SCCN(c3ccc(F)c(F)c3)C2C=O)C(C)CN1C. The number of carbonyl (C=O) groups is 1. The number of nitrogens with zero attached hydrogens (tertiary/aromatic N) is 3. The summed E-state index contributed by atoms with van der Waals surface area (Å²) < 4.78 is 27.3. The van der Waals surface area contributed by atoms with E-state index in [0.29, 0.717) is 24.3 Å². The molecular formula is C25H29F2N3OS. The van der Waals surface area contributed by atoms with E-state index in [4.69, 9.17) is 0 Å². The number of hydrogen-bond donors (Lipinski definition) is 0. The number of carbonyl (C=O) groups excluding carboxylic acids is 1. The summed E-state index contributed by atoms with van der Waals surface area (Å²) in [6.45, 7) is 6.98. The zero-order valence-electron chi connectivity index (χ0n) is 18.7. The molecule has 3 unspecified atom stereocenters. The molecule has 4 rings (SSSR count). The number of likely N-dealkylation sites (N-methyl/N-ethyl adjacent to an activating group) is 1. The van der Waals surface area contributed by atoms with Crippen LogP contribution in [0.4, 0.5) is 20.2 Å². The van der Waals surface area contributed by atoms with Gasteiger partial charge in [-0.2, -0.15) is 0 Å². The Bertz CT molecular complexity index is 1010. The minimum absolute atomic E-state index is 0.371. The lowest BCUT2D eigenvalue weighted by molar-refractivity contribution is -0.108. The van der Waals surface area contributed by atoms with Crippen molar-refractivity contribution in [3.05, 3.63) is 64.6 Å². The van der Waals surface area contributed by atoms with Gasteiger partial charge in [-0.3, -0.25) is 4.90 Å². The van der Waals surface area contributed by atoms with Crippen LogP contribution in [0.1, 0.15) is 19.4 Å². The van der Waals surface area contributed by atoms with Gasteiger partial charge >= 0.3 is 0 Å². The van der Waals surface area contributed by atoms with Gasteiger partial charge in [0.15, 0.2) is 11.6 Å². The van der Waals surface area contributed by atoms with Crippen LogP contribution in [0.2, 0.25) is 0 Å². The monoisotopic (exact) mass is 457 g/mol. The van der Waals surface area contributed by atoms with E-state index in [0.717, 1.165) is 47.4 Å². The van der Waals surface area contributed by atoms with E-state index in [-0.39, 0.29) is 0 Å². The number of anilines is 2. The summed E-state index contributed by atoms with van der Waals surface area (Å²) in [5.74, 6) is -1.03. The predicted molar refractivity (Wildman–Crippen MR) is 129 cm³/mol. The maximum absolute atomic E-state index is 13.8. The van der Waals surface area contributed by atoms with Crippen LogP contribution in [-0.2, 0) is 4.79 Å². The van der Waals surface area contributed by atoms with Gasteiger partial charge in [0.05, 0.1) is 0 Å². The van der Waals surface area contributed by atoms with Gasteiger partial charge in [-0.1, -0.05) is 18.2 Å². The highest BCUT2D eigenvalue weighted by Crippen LogP contribution is 2.36. The molecule has 2 aliphatic heterocycles. The molecule has 7 heteroatoms. The maximum atomic E-state index is 13.8. The van der Waals surface area contributed by atoms with Crippen LogP contribution in [0.3, 0.4) is 0 Å².